The number of hydrogen-bond donors (Lipinski definition) is 1. The largest absolute Gasteiger partial charge is 0.415 e. The van der Waals surface area contributed by atoms with Crippen molar-refractivity contribution in [1.29, 1.82) is 0 Å². The van der Waals surface area contributed by atoms with E-state index in [0.29, 0.717) is 31.3 Å². The van der Waals surface area contributed by atoms with Crippen LogP contribution in [0, 0.1) is 6.92 Å². The molecule has 1 N–H and O–H groups in total. The van der Waals surface area contributed by atoms with Gasteiger partial charge < -0.3 is 14.5 Å². The Morgan fingerprint density at radius 2 is 1.92 bits per heavy atom. The Labute approximate surface area is 228 Å². The molecule has 1 aliphatic rings. The van der Waals surface area contributed by atoms with Crippen LogP contribution in [-0.4, -0.2) is 64.9 Å². The van der Waals surface area contributed by atoms with Crippen LogP contribution in [0.2, 0.25) is 18.1 Å². The number of hydrogen-bond acceptors (Lipinski definition) is 7. The van der Waals surface area contributed by atoms with Crippen molar-refractivity contribution in [2.24, 2.45) is 0 Å². The van der Waals surface area contributed by atoms with E-state index in [0.717, 1.165) is 36.6 Å². The minimum absolute atomic E-state index is 0.200. The number of aromatic nitrogens is 4. The number of anilines is 2. The first-order valence-corrected chi connectivity index (χ1v) is 16.5. The van der Waals surface area contributed by atoms with Gasteiger partial charge in [0, 0.05) is 37.6 Å². The highest BCUT2D eigenvalue weighted by atomic mass is 28.4. The van der Waals surface area contributed by atoms with Gasteiger partial charge >= 0.3 is 0 Å². The summed E-state index contributed by atoms with van der Waals surface area (Å²) in [6, 6.07) is 8.53. The lowest BCUT2D eigenvalue weighted by molar-refractivity contribution is -0.0834. The Kier molecular flexibility index (Phi) is 8.71. The van der Waals surface area contributed by atoms with Gasteiger partial charge in [-0.05, 0) is 62.2 Å². The summed E-state index contributed by atoms with van der Waals surface area (Å²) >= 11 is 0. The minimum atomic E-state index is -1.76. The lowest BCUT2D eigenvalue weighted by atomic mass is 10.0. The molecule has 206 valence electrons. The summed E-state index contributed by atoms with van der Waals surface area (Å²) in [7, 11) is -1.76. The van der Waals surface area contributed by atoms with Gasteiger partial charge in [-0.15, -0.1) is 0 Å². The van der Waals surface area contributed by atoms with E-state index in [2.05, 4.69) is 93.1 Å². The quantitative estimate of drug-likeness (QED) is 0.300. The summed E-state index contributed by atoms with van der Waals surface area (Å²) in [6.07, 6.45) is 6.22. The Bertz CT molecular complexity index is 1210. The number of aryl methyl sites for hydroxylation is 1. The Morgan fingerprint density at radius 3 is 2.61 bits per heavy atom. The molecule has 0 saturated carbocycles. The predicted octanol–water partition coefficient (Wildman–Crippen LogP) is 6.02. The summed E-state index contributed by atoms with van der Waals surface area (Å²) in [5, 5.41) is 7.97. The van der Waals surface area contributed by atoms with Crippen LogP contribution in [-0.2, 0) is 22.3 Å². The Hall–Kier alpha value is -2.59. The lowest BCUT2D eigenvalue weighted by Gasteiger charge is -2.40. The van der Waals surface area contributed by atoms with Crippen molar-refractivity contribution in [3.63, 3.8) is 0 Å². The normalized spacial score (nSPS) is 15.2. The van der Waals surface area contributed by atoms with Crippen LogP contribution >= 0.6 is 0 Å². The summed E-state index contributed by atoms with van der Waals surface area (Å²) < 4.78 is 14.1. The first-order valence-electron chi connectivity index (χ1n) is 13.6. The van der Waals surface area contributed by atoms with E-state index in [4.69, 9.17) is 14.1 Å². The van der Waals surface area contributed by atoms with Crippen molar-refractivity contribution in [3.8, 4) is 11.3 Å². The minimum Gasteiger partial charge on any atom is -0.415 e. The van der Waals surface area contributed by atoms with E-state index in [1.807, 2.05) is 16.9 Å². The fourth-order valence-corrected chi connectivity index (χ4v) is 5.30. The molecule has 4 rings (SSSR count). The van der Waals surface area contributed by atoms with E-state index < -0.39 is 8.32 Å². The molecule has 8 nitrogen and oxygen atoms in total. The SMILES string of the molecule is Cc1cc(-c2ccnc(Nc3cnn(CCO[Si](C)(C)C(C)(C)C)c3)n2)ccc1CN1CC(OC(C)C)C1. The number of rotatable bonds is 11. The molecule has 0 radical (unpaired) electrons. The van der Waals surface area contributed by atoms with Crippen molar-refractivity contribution < 1.29 is 9.16 Å². The first-order chi connectivity index (χ1) is 17.9. The monoisotopic (exact) mass is 536 g/mol. The molecule has 0 amide bonds. The molecule has 0 atom stereocenters. The van der Waals surface area contributed by atoms with Gasteiger partial charge in [-0.3, -0.25) is 9.58 Å². The molecule has 1 saturated heterocycles. The topological polar surface area (TPSA) is 77.3 Å². The van der Waals surface area contributed by atoms with E-state index in [9.17, 15) is 0 Å². The van der Waals surface area contributed by atoms with E-state index in [1.165, 1.54) is 11.1 Å². The zero-order valence-electron chi connectivity index (χ0n) is 24.3. The molecule has 9 heteroatoms. The fourth-order valence-electron chi connectivity index (χ4n) is 4.27. The summed E-state index contributed by atoms with van der Waals surface area (Å²) in [4.78, 5) is 11.6. The Morgan fingerprint density at radius 1 is 1.16 bits per heavy atom. The van der Waals surface area contributed by atoms with Gasteiger partial charge in [0.2, 0.25) is 5.95 Å². The summed E-state index contributed by atoms with van der Waals surface area (Å²) in [5.41, 5.74) is 5.44. The van der Waals surface area contributed by atoms with Crippen LogP contribution in [0.5, 0.6) is 0 Å². The summed E-state index contributed by atoms with van der Waals surface area (Å²) in [6.45, 7) is 22.0. The predicted molar refractivity (Wildman–Crippen MR) is 156 cm³/mol. The van der Waals surface area contributed by atoms with Crippen LogP contribution in [0.3, 0.4) is 0 Å². The second-order valence-corrected chi connectivity index (χ2v) is 16.9. The number of nitrogens with one attached hydrogen (secondary N) is 1. The fraction of sp³-hybridized carbons (Fsp3) is 0.552. The second-order valence-electron chi connectivity index (χ2n) is 12.1. The van der Waals surface area contributed by atoms with Crippen molar-refractivity contribution in [2.75, 3.05) is 25.0 Å². The van der Waals surface area contributed by atoms with E-state index in [1.54, 1.807) is 12.4 Å². The highest BCUT2D eigenvalue weighted by molar-refractivity contribution is 6.74. The first kappa shape index (κ1) is 28.4. The average Bonchev–Trinajstić information content (AvgIpc) is 3.24. The highest BCUT2D eigenvalue weighted by Crippen LogP contribution is 2.36. The second kappa shape index (κ2) is 11.7. The maximum Gasteiger partial charge on any atom is 0.227 e. The number of likely N-dealkylation sites (tertiary alicyclic amines) is 1. The van der Waals surface area contributed by atoms with Gasteiger partial charge in [0.15, 0.2) is 8.32 Å². The van der Waals surface area contributed by atoms with Gasteiger partial charge in [0.25, 0.3) is 0 Å². The smallest absolute Gasteiger partial charge is 0.227 e. The lowest BCUT2D eigenvalue weighted by Crippen LogP contribution is -2.52. The molecule has 1 aliphatic heterocycles. The third-order valence-corrected chi connectivity index (χ3v) is 12.1. The molecule has 3 aromatic rings. The van der Waals surface area contributed by atoms with Crippen LogP contribution in [0.25, 0.3) is 11.3 Å². The number of nitrogens with zero attached hydrogens (tertiary/aromatic N) is 5. The van der Waals surface area contributed by atoms with Gasteiger partial charge in [-0.1, -0.05) is 32.9 Å². The maximum absolute atomic E-state index is 6.28. The average molecular weight is 537 g/mol. The van der Waals surface area contributed by atoms with E-state index in [-0.39, 0.29) is 5.04 Å². The van der Waals surface area contributed by atoms with Crippen LogP contribution < -0.4 is 5.32 Å². The molecule has 0 aliphatic carbocycles. The number of benzene rings is 1. The van der Waals surface area contributed by atoms with Crippen molar-refractivity contribution in [3.05, 3.63) is 54.0 Å². The van der Waals surface area contributed by atoms with E-state index >= 15 is 0 Å². The third-order valence-electron chi connectivity index (χ3n) is 7.56. The van der Waals surface area contributed by atoms with Crippen molar-refractivity contribution in [1.82, 2.24) is 24.6 Å². The molecular formula is C29H44N6O2Si. The molecule has 1 aromatic carbocycles. The van der Waals surface area contributed by atoms with Gasteiger partial charge in [-0.2, -0.15) is 5.10 Å². The Balaban J connectivity index is 1.33. The molecule has 1 fully saturated rings. The van der Waals surface area contributed by atoms with Crippen molar-refractivity contribution >= 4 is 20.0 Å². The maximum atomic E-state index is 6.28. The summed E-state index contributed by atoms with van der Waals surface area (Å²) in [5.74, 6) is 0.554. The zero-order valence-corrected chi connectivity index (χ0v) is 25.3. The molecule has 0 spiro atoms. The van der Waals surface area contributed by atoms with Gasteiger partial charge in [-0.25, -0.2) is 9.97 Å². The van der Waals surface area contributed by atoms with Gasteiger partial charge in [0.1, 0.15) is 0 Å². The standard InChI is InChI=1S/C29H44N6O2Si/c1-21(2)37-26-19-34(20-26)17-24-10-9-23(15-22(24)3)27-11-12-30-28(33-27)32-25-16-31-35(18-25)13-14-36-38(7,8)29(4,5)6/h9-12,15-16,18,21,26H,13-14,17,19-20H2,1-8H3,(H,30,32,33). The molecule has 2 aromatic heterocycles. The molecular weight excluding hydrogens is 492 g/mol. The molecule has 0 unspecified atom stereocenters. The zero-order chi connectivity index (χ0) is 27.5. The van der Waals surface area contributed by atoms with Crippen LogP contribution in [0.1, 0.15) is 45.7 Å². The van der Waals surface area contributed by atoms with Gasteiger partial charge in [0.05, 0.1) is 42.9 Å². The van der Waals surface area contributed by atoms with Crippen LogP contribution in [0.4, 0.5) is 11.6 Å². The third kappa shape index (κ3) is 7.28. The molecule has 38 heavy (non-hydrogen) atoms. The van der Waals surface area contributed by atoms with Crippen LogP contribution in [0.15, 0.2) is 42.9 Å². The molecule has 3 heterocycles. The highest BCUT2D eigenvalue weighted by Gasteiger charge is 2.36. The number of ether oxygens (including phenoxy) is 1. The van der Waals surface area contributed by atoms with Crippen molar-refractivity contribution in [2.45, 2.75) is 85.0 Å². The molecule has 0 bridgehead atoms.